The molecule has 2 nitrogen and oxygen atoms in total. The number of hydrogen-bond donors (Lipinski definition) is 1. The summed E-state index contributed by atoms with van der Waals surface area (Å²) in [4.78, 5) is 11.6. The van der Waals surface area contributed by atoms with Gasteiger partial charge < -0.3 is 5.32 Å². The lowest BCUT2D eigenvalue weighted by atomic mass is 9.96. The summed E-state index contributed by atoms with van der Waals surface area (Å²) in [6.07, 6.45) is 1.68. The molecule has 4 heteroatoms. The first-order valence-electron chi connectivity index (χ1n) is 5.09. The van der Waals surface area contributed by atoms with Crippen molar-refractivity contribution < 1.29 is 13.6 Å². The molecule has 2 rings (SSSR count). The van der Waals surface area contributed by atoms with Crippen molar-refractivity contribution in [1.29, 1.82) is 0 Å². The molecule has 1 aliphatic heterocycles. The monoisotopic (exact) mass is 203 g/mol. The third-order valence-corrected chi connectivity index (χ3v) is 3.38. The Morgan fingerprint density at radius 1 is 1.57 bits per heavy atom. The van der Waals surface area contributed by atoms with Crippen molar-refractivity contribution >= 4 is 5.78 Å². The Balaban J connectivity index is 1.89. The summed E-state index contributed by atoms with van der Waals surface area (Å²) in [5.41, 5.74) is -1.05. The van der Waals surface area contributed by atoms with Crippen LogP contribution in [-0.2, 0) is 4.79 Å². The lowest BCUT2D eigenvalue weighted by molar-refractivity contribution is -0.122. The van der Waals surface area contributed by atoms with E-state index in [1.807, 2.05) is 0 Å². The molecule has 0 spiro atoms. The Kier molecular flexibility index (Phi) is 2.14. The Hall–Kier alpha value is -0.510. The van der Waals surface area contributed by atoms with Gasteiger partial charge in [-0.25, -0.2) is 8.78 Å². The average molecular weight is 203 g/mol. The van der Waals surface area contributed by atoms with Crippen molar-refractivity contribution in [3.8, 4) is 0 Å². The van der Waals surface area contributed by atoms with Gasteiger partial charge in [0.25, 0.3) is 5.92 Å². The summed E-state index contributed by atoms with van der Waals surface area (Å²) in [5.74, 6) is -2.65. The third kappa shape index (κ3) is 1.56. The predicted octanol–water partition coefficient (Wildman–Crippen LogP) is 1.74. The molecular formula is C10H15F2NO. The van der Waals surface area contributed by atoms with Crippen LogP contribution in [-0.4, -0.2) is 24.3 Å². The molecule has 0 aromatic heterocycles. The van der Waals surface area contributed by atoms with Gasteiger partial charge >= 0.3 is 0 Å². The zero-order valence-corrected chi connectivity index (χ0v) is 8.28. The largest absolute Gasteiger partial charge is 0.307 e. The summed E-state index contributed by atoms with van der Waals surface area (Å²) in [5, 5.41) is 3.04. The maximum Gasteiger partial charge on any atom is 0.254 e. The summed E-state index contributed by atoms with van der Waals surface area (Å²) < 4.78 is 25.7. The van der Waals surface area contributed by atoms with Crippen LogP contribution < -0.4 is 5.32 Å². The standard InChI is InChI=1S/C10H15F2NO/c1-9(6-10(9,11)12)5-8(14)7-3-2-4-13-7/h7,13H,2-6H2,1H3/t7-,9?/m1/s1. The number of nitrogens with one attached hydrogen (secondary N) is 1. The van der Waals surface area contributed by atoms with Crippen LogP contribution in [0.1, 0.15) is 32.6 Å². The fraction of sp³-hybridized carbons (Fsp3) is 0.900. The molecular weight excluding hydrogens is 188 g/mol. The number of alkyl halides is 2. The number of Topliss-reactive ketones (excluding diaryl/α,β-unsaturated/α-hetero) is 1. The summed E-state index contributed by atoms with van der Waals surface area (Å²) in [6, 6.07) is -0.164. The number of carbonyl (C=O) groups excluding carboxylic acids is 1. The van der Waals surface area contributed by atoms with Crippen molar-refractivity contribution in [3.63, 3.8) is 0 Å². The van der Waals surface area contributed by atoms with Crippen LogP contribution in [0.3, 0.4) is 0 Å². The highest BCUT2D eigenvalue weighted by Gasteiger charge is 2.68. The fourth-order valence-electron chi connectivity index (χ4n) is 2.10. The molecule has 0 aromatic rings. The Morgan fingerprint density at radius 2 is 2.21 bits per heavy atom. The second-order valence-corrected chi connectivity index (χ2v) is 4.73. The van der Waals surface area contributed by atoms with E-state index in [2.05, 4.69) is 5.32 Å². The Morgan fingerprint density at radius 3 is 2.64 bits per heavy atom. The van der Waals surface area contributed by atoms with Gasteiger partial charge in [-0.3, -0.25) is 4.79 Å². The van der Waals surface area contributed by atoms with Gasteiger partial charge in [0.2, 0.25) is 0 Å². The van der Waals surface area contributed by atoms with Gasteiger partial charge in [-0.1, -0.05) is 6.92 Å². The molecule has 1 aliphatic carbocycles. The topological polar surface area (TPSA) is 29.1 Å². The molecule has 0 radical (unpaired) electrons. The molecule has 0 amide bonds. The van der Waals surface area contributed by atoms with Crippen molar-refractivity contribution in [2.75, 3.05) is 6.54 Å². The number of hydrogen-bond acceptors (Lipinski definition) is 2. The van der Waals surface area contributed by atoms with E-state index in [4.69, 9.17) is 0 Å². The molecule has 1 N–H and O–H groups in total. The number of carbonyl (C=O) groups is 1. The van der Waals surface area contributed by atoms with E-state index in [-0.39, 0.29) is 24.7 Å². The second kappa shape index (κ2) is 2.99. The second-order valence-electron chi connectivity index (χ2n) is 4.73. The minimum atomic E-state index is -2.61. The Bertz CT molecular complexity index is 261. The van der Waals surface area contributed by atoms with Crippen LogP contribution in [0, 0.1) is 5.41 Å². The number of halogens is 2. The highest BCUT2D eigenvalue weighted by Crippen LogP contribution is 2.62. The Labute approximate surface area is 82.1 Å². The fourth-order valence-corrected chi connectivity index (χ4v) is 2.10. The van der Waals surface area contributed by atoms with Crippen LogP contribution in [0.5, 0.6) is 0 Å². The van der Waals surface area contributed by atoms with Gasteiger partial charge in [0, 0.05) is 18.3 Å². The first kappa shape index (κ1) is 10.0. The molecule has 1 unspecified atom stereocenters. The van der Waals surface area contributed by atoms with Crippen molar-refractivity contribution in [3.05, 3.63) is 0 Å². The van der Waals surface area contributed by atoms with Crippen molar-refractivity contribution in [2.45, 2.75) is 44.6 Å². The van der Waals surface area contributed by atoms with Gasteiger partial charge in [-0.05, 0) is 19.4 Å². The lowest BCUT2D eigenvalue weighted by Crippen LogP contribution is -2.32. The molecule has 1 heterocycles. The molecule has 14 heavy (non-hydrogen) atoms. The smallest absolute Gasteiger partial charge is 0.254 e. The van der Waals surface area contributed by atoms with E-state index < -0.39 is 11.3 Å². The van der Waals surface area contributed by atoms with Gasteiger partial charge in [-0.2, -0.15) is 0 Å². The van der Waals surface area contributed by atoms with Crippen LogP contribution in [0.15, 0.2) is 0 Å². The van der Waals surface area contributed by atoms with Gasteiger partial charge in [-0.15, -0.1) is 0 Å². The minimum Gasteiger partial charge on any atom is -0.307 e. The zero-order chi connectivity index (χ0) is 10.4. The predicted molar refractivity (Wildman–Crippen MR) is 48.3 cm³/mol. The normalized spacial score (nSPS) is 39.8. The molecule has 80 valence electrons. The molecule has 2 atom stereocenters. The highest BCUT2D eigenvalue weighted by molar-refractivity contribution is 5.85. The summed E-state index contributed by atoms with van der Waals surface area (Å²) in [6.45, 7) is 2.34. The van der Waals surface area contributed by atoms with E-state index in [1.165, 1.54) is 6.92 Å². The molecule has 1 saturated carbocycles. The maximum atomic E-state index is 12.9. The zero-order valence-electron chi connectivity index (χ0n) is 8.28. The van der Waals surface area contributed by atoms with Crippen molar-refractivity contribution in [1.82, 2.24) is 5.32 Å². The van der Waals surface area contributed by atoms with Gasteiger partial charge in [0.1, 0.15) is 0 Å². The summed E-state index contributed by atoms with van der Waals surface area (Å²) >= 11 is 0. The summed E-state index contributed by atoms with van der Waals surface area (Å²) in [7, 11) is 0. The van der Waals surface area contributed by atoms with Crippen LogP contribution in [0.4, 0.5) is 8.78 Å². The highest BCUT2D eigenvalue weighted by atomic mass is 19.3. The molecule has 2 aliphatic rings. The van der Waals surface area contributed by atoms with E-state index in [9.17, 15) is 13.6 Å². The van der Waals surface area contributed by atoms with Gasteiger partial charge in [0.15, 0.2) is 5.78 Å². The van der Waals surface area contributed by atoms with Crippen LogP contribution in [0.25, 0.3) is 0 Å². The van der Waals surface area contributed by atoms with E-state index in [0.717, 1.165) is 19.4 Å². The van der Waals surface area contributed by atoms with Crippen molar-refractivity contribution in [2.24, 2.45) is 5.41 Å². The van der Waals surface area contributed by atoms with E-state index in [1.54, 1.807) is 0 Å². The molecule has 0 aromatic carbocycles. The first-order chi connectivity index (χ1) is 6.45. The maximum absolute atomic E-state index is 12.9. The molecule has 0 bridgehead atoms. The minimum absolute atomic E-state index is 0.0255. The van der Waals surface area contributed by atoms with Gasteiger partial charge in [0.05, 0.1) is 6.04 Å². The molecule has 2 fully saturated rings. The number of rotatable bonds is 3. The average Bonchev–Trinajstić information content (AvgIpc) is 2.55. The SMILES string of the molecule is CC1(CC(=O)[C@H]2CCCN2)CC1(F)F. The molecule has 1 saturated heterocycles. The third-order valence-electron chi connectivity index (χ3n) is 3.38. The first-order valence-corrected chi connectivity index (χ1v) is 5.09. The van der Waals surface area contributed by atoms with Crippen LogP contribution in [0.2, 0.25) is 0 Å². The number of ketones is 1. The van der Waals surface area contributed by atoms with Crippen LogP contribution >= 0.6 is 0 Å². The van der Waals surface area contributed by atoms with E-state index >= 15 is 0 Å². The van der Waals surface area contributed by atoms with E-state index in [0.29, 0.717) is 0 Å². The quantitative estimate of drug-likeness (QED) is 0.757. The lowest BCUT2D eigenvalue weighted by Gasteiger charge is -2.13.